The second-order valence-corrected chi connectivity index (χ2v) is 13.0. The summed E-state index contributed by atoms with van der Waals surface area (Å²) in [4.78, 5) is 31.3. The Hall–Kier alpha value is -5.20. The lowest BCUT2D eigenvalue weighted by Gasteiger charge is -2.35. The molecule has 0 unspecified atom stereocenters. The highest BCUT2D eigenvalue weighted by Gasteiger charge is 2.36. The van der Waals surface area contributed by atoms with Crippen molar-refractivity contribution in [1.82, 2.24) is 10.3 Å². The maximum Gasteiger partial charge on any atom is 0.418 e. The van der Waals surface area contributed by atoms with E-state index in [9.17, 15) is 22.8 Å². The number of anilines is 3. The molecule has 0 spiro atoms. The molecule has 1 aromatic heterocycles. The van der Waals surface area contributed by atoms with Crippen molar-refractivity contribution in [2.75, 3.05) is 42.8 Å². The second-order valence-electron chi connectivity index (χ2n) is 13.0. The number of piperidine rings is 1. The predicted octanol–water partition coefficient (Wildman–Crippen LogP) is 8.23. The van der Waals surface area contributed by atoms with E-state index in [1.165, 1.54) is 26.4 Å². The molecule has 3 aromatic carbocycles. The Kier molecular flexibility index (Phi) is 10.4. The van der Waals surface area contributed by atoms with E-state index in [2.05, 4.69) is 20.9 Å². The number of ether oxygens (including phenoxy) is 3. The molecule has 2 heterocycles. The number of hydrogen-bond acceptors (Lipinski definition) is 7. The maximum atomic E-state index is 14.2. The van der Waals surface area contributed by atoms with E-state index in [0.717, 1.165) is 6.07 Å². The number of aromatic nitrogens is 1. The molecule has 1 saturated heterocycles. The highest BCUT2D eigenvalue weighted by atomic mass is 19.4. The summed E-state index contributed by atoms with van der Waals surface area (Å²) < 4.78 is 59.6. The van der Waals surface area contributed by atoms with Crippen molar-refractivity contribution in [3.63, 3.8) is 0 Å². The Bertz CT molecular complexity index is 1820. The zero-order valence-electron chi connectivity index (χ0n) is 28.0. The van der Waals surface area contributed by atoms with Gasteiger partial charge in [0.05, 0.1) is 25.3 Å². The summed E-state index contributed by atoms with van der Waals surface area (Å²) in [7, 11) is 3.06. The molecule has 260 valence electrons. The number of halogens is 3. The van der Waals surface area contributed by atoms with Crippen LogP contribution in [0.2, 0.25) is 0 Å². The molecular formula is C36H40F3N5O5. The van der Waals surface area contributed by atoms with Crippen LogP contribution in [0.3, 0.4) is 0 Å². The highest BCUT2D eigenvalue weighted by Crippen LogP contribution is 2.40. The smallest absolute Gasteiger partial charge is 0.418 e. The van der Waals surface area contributed by atoms with Gasteiger partial charge in [-0.1, -0.05) is 26.8 Å². The first-order valence-electron chi connectivity index (χ1n) is 15.8. The molecule has 0 atom stereocenters. The topological polar surface area (TPSA) is 114 Å². The zero-order chi connectivity index (χ0) is 35.3. The van der Waals surface area contributed by atoms with Gasteiger partial charge in [-0.25, -0.2) is 4.79 Å². The van der Waals surface area contributed by atoms with Gasteiger partial charge < -0.3 is 35.1 Å². The number of nitrogens with one attached hydrogen (secondary N) is 3. The van der Waals surface area contributed by atoms with Crippen LogP contribution >= 0.6 is 0 Å². The van der Waals surface area contributed by atoms with Gasteiger partial charge in [0.15, 0.2) is 11.5 Å². The number of alkyl halides is 3. The van der Waals surface area contributed by atoms with Crippen molar-refractivity contribution in [1.29, 1.82) is 0 Å². The van der Waals surface area contributed by atoms with Crippen molar-refractivity contribution >= 4 is 39.9 Å². The maximum absolute atomic E-state index is 14.2. The number of fused-ring (bicyclic) bond motifs is 1. The third-order valence-corrected chi connectivity index (χ3v) is 7.98. The van der Waals surface area contributed by atoms with Gasteiger partial charge >= 0.3 is 12.2 Å². The lowest BCUT2D eigenvalue weighted by molar-refractivity contribution is -0.137. The Morgan fingerprint density at radius 1 is 0.878 bits per heavy atom. The number of carbonyl (C=O) groups is 2. The number of pyridine rings is 1. The number of carbonyl (C=O) groups excluding carboxylic acids is 2. The predicted molar refractivity (Wildman–Crippen MR) is 183 cm³/mol. The van der Waals surface area contributed by atoms with Crippen molar-refractivity contribution in [2.24, 2.45) is 5.41 Å². The van der Waals surface area contributed by atoms with E-state index >= 15 is 0 Å². The second kappa shape index (κ2) is 14.5. The largest absolute Gasteiger partial charge is 0.493 e. The van der Waals surface area contributed by atoms with Crippen molar-refractivity contribution < 1.29 is 37.0 Å². The van der Waals surface area contributed by atoms with Crippen LogP contribution in [0, 0.1) is 5.41 Å². The number of rotatable bonds is 9. The van der Waals surface area contributed by atoms with Crippen LogP contribution < -0.4 is 35.1 Å². The average molecular weight is 680 g/mol. The van der Waals surface area contributed by atoms with Crippen molar-refractivity contribution in [3.05, 3.63) is 72.4 Å². The lowest BCUT2D eigenvalue weighted by Crippen LogP contribution is -2.45. The molecule has 4 aromatic rings. The van der Waals surface area contributed by atoms with Crippen LogP contribution in [0.15, 0.2) is 66.9 Å². The highest BCUT2D eigenvalue weighted by molar-refractivity contribution is 6.00. The third-order valence-electron chi connectivity index (χ3n) is 7.98. The first-order valence-corrected chi connectivity index (χ1v) is 15.8. The molecule has 0 saturated carbocycles. The summed E-state index contributed by atoms with van der Waals surface area (Å²) in [5.74, 6) is 1.86. The normalized spacial score (nSPS) is 13.9. The minimum absolute atomic E-state index is 0.0158. The van der Waals surface area contributed by atoms with Gasteiger partial charge in [-0.15, -0.1) is 0 Å². The molecular weight excluding hydrogens is 639 g/mol. The van der Waals surface area contributed by atoms with Crippen LogP contribution in [0.4, 0.5) is 35.0 Å². The van der Waals surface area contributed by atoms with E-state index in [-0.39, 0.29) is 28.7 Å². The number of methoxy groups -OCH3 is 2. The molecule has 1 fully saturated rings. The molecule has 3 N–H and O–H groups in total. The molecule has 0 radical (unpaired) electrons. The average Bonchev–Trinajstić information content (AvgIpc) is 3.03. The first-order chi connectivity index (χ1) is 23.2. The molecule has 49 heavy (non-hydrogen) atoms. The summed E-state index contributed by atoms with van der Waals surface area (Å²) >= 11 is 0. The number of urea groups is 1. The summed E-state index contributed by atoms with van der Waals surface area (Å²) in [5, 5.41) is 8.84. The molecule has 1 aliphatic rings. The van der Waals surface area contributed by atoms with Gasteiger partial charge in [0.2, 0.25) is 5.91 Å². The van der Waals surface area contributed by atoms with Crippen LogP contribution in [0.5, 0.6) is 23.0 Å². The summed E-state index contributed by atoms with van der Waals surface area (Å²) in [6, 6.07) is 14.7. The Morgan fingerprint density at radius 3 is 2.20 bits per heavy atom. The monoisotopic (exact) mass is 679 g/mol. The molecule has 10 nitrogen and oxygen atoms in total. The van der Waals surface area contributed by atoms with Crippen LogP contribution in [0.1, 0.15) is 45.6 Å². The van der Waals surface area contributed by atoms with Crippen LogP contribution in [-0.2, 0) is 11.0 Å². The minimum Gasteiger partial charge on any atom is -0.493 e. The number of nitrogens with zero attached hydrogens (tertiary/aromatic N) is 2. The van der Waals surface area contributed by atoms with E-state index < -0.39 is 17.8 Å². The number of hydrogen-bond donors (Lipinski definition) is 3. The molecule has 3 amide bonds. The summed E-state index contributed by atoms with van der Waals surface area (Å²) in [5.41, 5.74) is -0.00972. The number of amides is 3. The Morgan fingerprint density at radius 2 is 1.55 bits per heavy atom. The van der Waals surface area contributed by atoms with Crippen molar-refractivity contribution in [2.45, 2.75) is 52.3 Å². The molecule has 13 heteroatoms. The summed E-state index contributed by atoms with van der Waals surface area (Å²) in [6.45, 7) is 6.64. The molecule has 5 rings (SSSR count). The molecule has 0 bridgehead atoms. The lowest BCUT2D eigenvalue weighted by atomic mass is 9.91. The van der Waals surface area contributed by atoms with Gasteiger partial charge in [-0.05, 0) is 60.7 Å². The van der Waals surface area contributed by atoms with E-state index in [1.807, 2.05) is 20.8 Å². The number of benzene rings is 3. The molecule has 0 aliphatic carbocycles. The van der Waals surface area contributed by atoms with E-state index in [4.69, 9.17) is 14.2 Å². The van der Waals surface area contributed by atoms with Crippen molar-refractivity contribution in [3.8, 4) is 23.0 Å². The van der Waals surface area contributed by atoms with E-state index in [1.54, 1.807) is 53.6 Å². The third kappa shape index (κ3) is 9.04. The van der Waals surface area contributed by atoms with Gasteiger partial charge in [0.1, 0.15) is 11.5 Å². The fourth-order valence-electron chi connectivity index (χ4n) is 5.74. The minimum atomic E-state index is -4.65. The first kappa shape index (κ1) is 35.1. The van der Waals surface area contributed by atoms with Gasteiger partial charge in [-0.3, -0.25) is 9.78 Å². The fourth-order valence-corrected chi connectivity index (χ4v) is 5.74. The van der Waals surface area contributed by atoms with Gasteiger partial charge in [0.25, 0.3) is 0 Å². The quantitative estimate of drug-likeness (QED) is 0.163. The fraction of sp³-hybridized carbons (Fsp3) is 0.361. The molecule has 1 aliphatic heterocycles. The standard InChI is InChI=1S/C36H40F3N5O5/c1-35(2,3)21-33(45)41-22-12-15-44(16-13-22)29-10-9-24(18-27(29)36(37,38)39)43-34(46)42-23-7-6-8-25(17-23)49-30-11-14-40-28-20-32(48-5)31(47-4)19-26(28)30/h6-11,14,17-20,22H,12-13,15-16,21H2,1-5H3,(H,41,45)(H2,42,43,46). The Labute approximate surface area is 282 Å². The van der Waals surface area contributed by atoms with Crippen LogP contribution in [-0.4, -0.2) is 50.3 Å². The SMILES string of the molecule is COc1cc2nccc(Oc3cccc(NC(=O)Nc4ccc(N5CCC(NC(=O)CC(C)(C)C)CC5)c(C(F)(F)F)c4)c3)c2cc1OC. The van der Waals surface area contributed by atoms with Gasteiger partial charge in [-0.2, -0.15) is 13.2 Å². The zero-order valence-corrected chi connectivity index (χ0v) is 28.0. The van der Waals surface area contributed by atoms with Gasteiger partial charge in [0, 0.05) is 66.3 Å². The summed E-state index contributed by atoms with van der Waals surface area (Å²) in [6.07, 6.45) is -1.63. The Balaban J connectivity index is 1.24. The van der Waals surface area contributed by atoms with Crippen LogP contribution in [0.25, 0.3) is 10.9 Å². The van der Waals surface area contributed by atoms with E-state index in [0.29, 0.717) is 71.9 Å².